The predicted octanol–water partition coefficient (Wildman–Crippen LogP) is 3.54. The van der Waals surface area contributed by atoms with Crippen molar-refractivity contribution in [1.82, 2.24) is 0 Å². The topological polar surface area (TPSA) is 52.9 Å². The largest absolute Gasteiger partial charge is 0.325 e. The zero-order valence-corrected chi connectivity index (χ0v) is 11.5. The average Bonchev–Trinajstić information content (AvgIpc) is 3.05. The van der Waals surface area contributed by atoms with Gasteiger partial charge < -0.3 is 5.32 Å². The van der Waals surface area contributed by atoms with Crippen LogP contribution in [0.3, 0.4) is 0 Å². The van der Waals surface area contributed by atoms with E-state index >= 15 is 0 Å². The van der Waals surface area contributed by atoms with Crippen LogP contribution in [0.15, 0.2) is 36.9 Å². The van der Waals surface area contributed by atoms with E-state index < -0.39 is 5.41 Å². The number of carbonyl (C=O) groups is 1. The van der Waals surface area contributed by atoms with Gasteiger partial charge in [0.2, 0.25) is 5.91 Å². The lowest BCUT2D eigenvalue weighted by atomic mass is 9.58. The standard InChI is InChI=1S/C17H18N2O/c1-2-16(9-5-6-10-16)17(11-12-18)13-7-3-4-8-14(13)19-15(17)20/h2-4,7-8H,1,5-6,9-11H2,(H,19,20). The number of carbonyl (C=O) groups excluding carboxylic acids is 1. The van der Waals surface area contributed by atoms with Crippen LogP contribution in [0.4, 0.5) is 5.69 Å². The lowest BCUT2D eigenvalue weighted by Gasteiger charge is -2.42. The van der Waals surface area contributed by atoms with Crippen molar-refractivity contribution in [2.24, 2.45) is 5.41 Å². The first-order valence-corrected chi connectivity index (χ1v) is 7.12. The summed E-state index contributed by atoms with van der Waals surface area (Å²) in [5.41, 5.74) is 0.755. The molecule has 1 fully saturated rings. The highest BCUT2D eigenvalue weighted by Crippen LogP contribution is 2.59. The molecule has 1 heterocycles. The summed E-state index contributed by atoms with van der Waals surface area (Å²) in [7, 11) is 0. The summed E-state index contributed by atoms with van der Waals surface area (Å²) in [6, 6.07) is 10.00. The number of anilines is 1. The van der Waals surface area contributed by atoms with Gasteiger partial charge in [0.15, 0.2) is 0 Å². The van der Waals surface area contributed by atoms with Crippen molar-refractivity contribution >= 4 is 11.6 Å². The summed E-state index contributed by atoms with van der Waals surface area (Å²) in [5.74, 6) is -0.0398. The van der Waals surface area contributed by atoms with E-state index in [0.717, 1.165) is 36.9 Å². The van der Waals surface area contributed by atoms with Crippen molar-refractivity contribution in [3.63, 3.8) is 0 Å². The molecule has 2 aliphatic rings. The molecule has 102 valence electrons. The Hall–Kier alpha value is -2.08. The Kier molecular flexibility index (Phi) is 2.90. The third-order valence-corrected chi connectivity index (χ3v) is 5.10. The fraction of sp³-hybridized carbons (Fsp3) is 0.412. The van der Waals surface area contributed by atoms with E-state index in [1.807, 2.05) is 30.3 Å². The molecule has 1 aromatic carbocycles. The maximum atomic E-state index is 12.8. The van der Waals surface area contributed by atoms with Crippen LogP contribution < -0.4 is 5.32 Å². The van der Waals surface area contributed by atoms with Gasteiger partial charge in [-0.05, 0) is 24.5 Å². The maximum Gasteiger partial charge on any atom is 0.237 e. The number of benzene rings is 1. The van der Waals surface area contributed by atoms with Gasteiger partial charge in [-0.3, -0.25) is 4.79 Å². The van der Waals surface area contributed by atoms with Crippen LogP contribution >= 0.6 is 0 Å². The number of hydrogen-bond acceptors (Lipinski definition) is 2. The first-order chi connectivity index (χ1) is 9.70. The van der Waals surface area contributed by atoms with Crippen LogP contribution in [-0.2, 0) is 10.2 Å². The summed E-state index contributed by atoms with van der Waals surface area (Å²) in [4.78, 5) is 12.8. The van der Waals surface area contributed by atoms with Gasteiger partial charge in [0.25, 0.3) is 0 Å². The van der Waals surface area contributed by atoms with Gasteiger partial charge in [0.1, 0.15) is 0 Å². The number of rotatable bonds is 3. The molecule has 1 atom stereocenters. The third kappa shape index (κ3) is 1.42. The maximum absolute atomic E-state index is 12.8. The van der Waals surface area contributed by atoms with Gasteiger partial charge in [-0.1, -0.05) is 37.1 Å². The number of para-hydroxylation sites is 1. The van der Waals surface area contributed by atoms with E-state index in [-0.39, 0.29) is 17.7 Å². The van der Waals surface area contributed by atoms with E-state index in [0.29, 0.717) is 0 Å². The summed E-state index contributed by atoms with van der Waals surface area (Å²) in [6.07, 6.45) is 6.18. The Bertz CT molecular complexity index is 608. The van der Waals surface area contributed by atoms with Gasteiger partial charge in [0.05, 0.1) is 17.9 Å². The molecule has 1 aliphatic heterocycles. The summed E-state index contributed by atoms with van der Waals surface area (Å²) >= 11 is 0. The van der Waals surface area contributed by atoms with E-state index in [4.69, 9.17) is 0 Å². The first kappa shape index (κ1) is 12.9. The molecule has 1 saturated carbocycles. The summed E-state index contributed by atoms with van der Waals surface area (Å²) < 4.78 is 0. The summed E-state index contributed by atoms with van der Waals surface area (Å²) in [6.45, 7) is 4.00. The Morgan fingerprint density at radius 3 is 2.70 bits per heavy atom. The number of fused-ring (bicyclic) bond motifs is 1. The fourth-order valence-corrected chi connectivity index (χ4v) is 4.09. The number of allylic oxidation sites excluding steroid dienone is 1. The molecule has 1 aromatic rings. The van der Waals surface area contributed by atoms with Gasteiger partial charge in [0, 0.05) is 11.1 Å². The number of nitriles is 1. The third-order valence-electron chi connectivity index (χ3n) is 5.10. The minimum Gasteiger partial charge on any atom is -0.325 e. The van der Waals surface area contributed by atoms with Crippen molar-refractivity contribution in [3.8, 4) is 6.07 Å². The van der Waals surface area contributed by atoms with Crippen LogP contribution in [0, 0.1) is 16.7 Å². The molecule has 1 unspecified atom stereocenters. The van der Waals surface area contributed by atoms with Crippen LogP contribution in [0.5, 0.6) is 0 Å². The van der Waals surface area contributed by atoms with Crippen LogP contribution in [0.1, 0.15) is 37.7 Å². The molecule has 0 radical (unpaired) electrons. The minimum absolute atomic E-state index is 0.0398. The molecule has 3 nitrogen and oxygen atoms in total. The Morgan fingerprint density at radius 2 is 2.05 bits per heavy atom. The van der Waals surface area contributed by atoms with E-state index in [2.05, 4.69) is 18.0 Å². The molecule has 0 spiro atoms. The molecule has 20 heavy (non-hydrogen) atoms. The number of hydrogen-bond donors (Lipinski definition) is 1. The highest BCUT2D eigenvalue weighted by molar-refractivity contribution is 6.07. The lowest BCUT2D eigenvalue weighted by molar-refractivity contribution is -0.124. The monoisotopic (exact) mass is 266 g/mol. The molecular formula is C17H18N2O. The molecule has 0 aromatic heterocycles. The highest BCUT2D eigenvalue weighted by atomic mass is 16.2. The first-order valence-electron chi connectivity index (χ1n) is 7.12. The van der Waals surface area contributed by atoms with Crippen LogP contribution in [0.2, 0.25) is 0 Å². The molecular weight excluding hydrogens is 248 g/mol. The van der Waals surface area contributed by atoms with Crippen molar-refractivity contribution in [2.75, 3.05) is 5.32 Å². The van der Waals surface area contributed by atoms with Crippen molar-refractivity contribution in [3.05, 3.63) is 42.5 Å². The van der Waals surface area contributed by atoms with Gasteiger partial charge in [-0.25, -0.2) is 0 Å². The molecule has 3 rings (SSSR count). The van der Waals surface area contributed by atoms with Crippen LogP contribution in [0.25, 0.3) is 0 Å². The molecule has 1 amide bonds. The van der Waals surface area contributed by atoms with Gasteiger partial charge in [-0.15, -0.1) is 6.58 Å². The zero-order chi connectivity index (χ0) is 14.2. The molecule has 0 bridgehead atoms. The van der Waals surface area contributed by atoms with Crippen molar-refractivity contribution in [2.45, 2.75) is 37.5 Å². The molecule has 0 saturated heterocycles. The SMILES string of the molecule is C=CC1(C2(CC#N)C(=O)Nc3ccccc32)CCCC1. The Labute approximate surface area is 119 Å². The second-order valence-corrected chi connectivity index (χ2v) is 5.81. The highest BCUT2D eigenvalue weighted by Gasteiger charge is 2.60. The molecule has 1 N–H and O–H groups in total. The fourth-order valence-electron chi connectivity index (χ4n) is 4.09. The molecule has 1 aliphatic carbocycles. The average molecular weight is 266 g/mol. The van der Waals surface area contributed by atoms with Crippen molar-refractivity contribution in [1.29, 1.82) is 5.26 Å². The van der Waals surface area contributed by atoms with Crippen LogP contribution in [-0.4, -0.2) is 5.91 Å². The Morgan fingerprint density at radius 1 is 1.35 bits per heavy atom. The van der Waals surface area contributed by atoms with E-state index in [9.17, 15) is 10.1 Å². The lowest BCUT2D eigenvalue weighted by Crippen LogP contribution is -2.48. The number of nitrogens with one attached hydrogen (secondary N) is 1. The smallest absolute Gasteiger partial charge is 0.237 e. The summed E-state index contributed by atoms with van der Waals surface area (Å²) in [5, 5.41) is 12.3. The number of nitrogens with zero attached hydrogens (tertiary/aromatic N) is 1. The minimum atomic E-state index is -0.767. The zero-order valence-electron chi connectivity index (χ0n) is 11.5. The predicted molar refractivity (Wildman–Crippen MR) is 78.1 cm³/mol. The number of amides is 1. The van der Waals surface area contributed by atoms with E-state index in [1.54, 1.807) is 0 Å². The normalized spacial score (nSPS) is 26.6. The second-order valence-electron chi connectivity index (χ2n) is 5.81. The van der Waals surface area contributed by atoms with E-state index in [1.165, 1.54) is 0 Å². The van der Waals surface area contributed by atoms with Gasteiger partial charge in [-0.2, -0.15) is 5.26 Å². The second kappa shape index (κ2) is 4.49. The van der Waals surface area contributed by atoms with Crippen molar-refractivity contribution < 1.29 is 4.79 Å². The quantitative estimate of drug-likeness (QED) is 0.851. The Balaban J connectivity index is 2.26. The van der Waals surface area contributed by atoms with Gasteiger partial charge >= 0.3 is 0 Å². The molecule has 3 heteroatoms.